The van der Waals surface area contributed by atoms with Crippen LogP contribution in [-0.4, -0.2) is 26.4 Å². The zero-order chi connectivity index (χ0) is 7.66. The van der Waals surface area contributed by atoms with Crippen molar-refractivity contribution in [1.82, 2.24) is 0 Å². The highest BCUT2D eigenvalue weighted by atomic mass is 32.1. The third-order valence-corrected chi connectivity index (χ3v) is 0.964. The summed E-state index contributed by atoms with van der Waals surface area (Å²) in [5.41, 5.74) is 0. The van der Waals surface area contributed by atoms with Gasteiger partial charge in [0, 0.05) is 0 Å². The van der Waals surface area contributed by atoms with Crippen LogP contribution in [0.5, 0.6) is 0 Å². The molecule has 0 aliphatic heterocycles. The lowest BCUT2D eigenvalue weighted by Gasteiger charge is -2.00. The largest absolute Gasteiger partial charge is 0.316 e. The van der Waals surface area contributed by atoms with Gasteiger partial charge in [0.15, 0.2) is 0 Å². The molecule has 0 saturated heterocycles. The van der Waals surface area contributed by atoms with Gasteiger partial charge in [-0.05, 0) is 25.8 Å². The molecular formula is C4H10O4S2. The lowest BCUT2D eigenvalue weighted by atomic mass is 10.8. The van der Waals surface area contributed by atoms with E-state index in [0.717, 1.165) is 0 Å². The number of hydrogen-bond donors (Lipinski definition) is 2. The fraction of sp³-hybridized carbons (Fsp3) is 1.00. The second-order valence-corrected chi connectivity index (χ2v) is 1.83. The van der Waals surface area contributed by atoms with Gasteiger partial charge in [-0.3, -0.25) is 0 Å². The Hall–Kier alpha value is 0.540. The summed E-state index contributed by atoms with van der Waals surface area (Å²) in [6, 6.07) is 0. The second kappa shape index (κ2) is 9.54. The zero-order valence-electron chi connectivity index (χ0n) is 5.36. The predicted octanol–water partition coefficient (Wildman–Crippen LogP) is 0.657. The number of rotatable bonds is 7. The third-order valence-electron chi connectivity index (χ3n) is 0.599. The van der Waals surface area contributed by atoms with Crippen LogP contribution in [0.25, 0.3) is 0 Å². The van der Waals surface area contributed by atoms with Gasteiger partial charge in [0.2, 0.25) is 0 Å². The highest BCUT2D eigenvalue weighted by Gasteiger charge is 1.87. The fourth-order valence-electron chi connectivity index (χ4n) is 0.260. The van der Waals surface area contributed by atoms with E-state index in [1.165, 1.54) is 0 Å². The van der Waals surface area contributed by atoms with Gasteiger partial charge in [-0.25, -0.2) is 9.78 Å². The predicted molar refractivity (Wildman–Crippen MR) is 41.8 cm³/mol. The summed E-state index contributed by atoms with van der Waals surface area (Å²) in [5, 5.41) is 0. The van der Waals surface area contributed by atoms with Gasteiger partial charge < -0.3 is 8.37 Å². The molecule has 0 aromatic heterocycles. The minimum Gasteiger partial charge on any atom is -0.316 e. The lowest BCUT2D eigenvalue weighted by molar-refractivity contribution is -0.298. The van der Waals surface area contributed by atoms with E-state index >= 15 is 0 Å². The molecule has 0 amide bonds. The van der Waals surface area contributed by atoms with Gasteiger partial charge in [-0.2, -0.15) is 0 Å². The molecule has 0 bridgehead atoms. The molecule has 0 aromatic carbocycles. The smallest absolute Gasteiger partial charge is 0.107 e. The first-order valence-electron chi connectivity index (χ1n) is 2.69. The topological polar surface area (TPSA) is 36.9 Å². The fourth-order valence-corrected chi connectivity index (χ4v) is 0.409. The summed E-state index contributed by atoms with van der Waals surface area (Å²) < 4.78 is 8.78. The number of thiol groups is 2. The molecule has 0 saturated carbocycles. The molecule has 0 rings (SSSR count). The highest BCUT2D eigenvalue weighted by molar-refractivity contribution is 7.75. The monoisotopic (exact) mass is 186 g/mol. The van der Waals surface area contributed by atoms with Crippen molar-refractivity contribution in [2.45, 2.75) is 0 Å². The summed E-state index contributed by atoms with van der Waals surface area (Å²) in [7, 11) is 0. The van der Waals surface area contributed by atoms with Crippen molar-refractivity contribution in [1.29, 1.82) is 0 Å². The van der Waals surface area contributed by atoms with Crippen LogP contribution < -0.4 is 0 Å². The second-order valence-electron chi connectivity index (χ2n) is 1.31. The van der Waals surface area contributed by atoms with Gasteiger partial charge in [0.05, 0.1) is 13.2 Å². The Morgan fingerprint density at radius 2 is 1.10 bits per heavy atom. The van der Waals surface area contributed by atoms with E-state index in [1.807, 2.05) is 0 Å². The molecule has 0 fully saturated rings. The van der Waals surface area contributed by atoms with Crippen LogP contribution >= 0.6 is 25.8 Å². The molecule has 0 aliphatic carbocycles. The van der Waals surface area contributed by atoms with E-state index in [-0.39, 0.29) is 0 Å². The SMILES string of the molecule is SOCCOOCCOS. The van der Waals surface area contributed by atoms with E-state index in [1.54, 1.807) is 0 Å². The van der Waals surface area contributed by atoms with E-state index < -0.39 is 0 Å². The van der Waals surface area contributed by atoms with Crippen LogP contribution in [0.4, 0.5) is 0 Å². The maximum absolute atomic E-state index is 4.59. The molecular weight excluding hydrogens is 176 g/mol. The third kappa shape index (κ3) is 8.54. The average Bonchev–Trinajstić information content (AvgIpc) is 1.97. The molecule has 0 N–H and O–H groups in total. The van der Waals surface area contributed by atoms with Gasteiger partial charge in [0.1, 0.15) is 13.2 Å². The van der Waals surface area contributed by atoms with E-state index in [2.05, 4.69) is 44.0 Å². The Balaban J connectivity index is 2.65. The van der Waals surface area contributed by atoms with Crippen molar-refractivity contribution in [3.05, 3.63) is 0 Å². The summed E-state index contributed by atoms with van der Waals surface area (Å²) >= 11 is 6.98. The minimum atomic E-state index is 0.357. The standard InChI is InChI=1S/C4H10O4S2/c9-7-3-1-5-6-2-4-8-10/h9-10H,1-4H2. The molecule has 0 aromatic rings. The molecule has 0 unspecified atom stereocenters. The van der Waals surface area contributed by atoms with Crippen molar-refractivity contribution in [3.8, 4) is 0 Å². The van der Waals surface area contributed by atoms with Crippen LogP contribution in [-0.2, 0) is 18.1 Å². The maximum atomic E-state index is 4.59. The van der Waals surface area contributed by atoms with E-state index in [9.17, 15) is 0 Å². The highest BCUT2D eigenvalue weighted by Crippen LogP contribution is 1.84. The molecule has 62 valence electrons. The first-order chi connectivity index (χ1) is 4.91. The Kier molecular flexibility index (Phi) is 10.1. The summed E-state index contributed by atoms with van der Waals surface area (Å²) in [6.07, 6.45) is 0. The number of hydrogen-bond acceptors (Lipinski definition) is 6. The molecule has 0 heterocycles. The van der Waals surface area contributed by atoms with E-state index in [4.69, 9.17) is 0 Å². The Labute approximate surface area is 70.9 Å². The molecule has 0 atom stereocenters. The minimum absolute atomic E-state index is 0.357. The van der Waals surface area contributed by atoms with E-state index in [0.29, 0.717) is 26.4 Å². The lowest BCUT2D eigenvalue weighted by Crippen LogP contribution is -2.05. The van der Waals surface area contributed by atoms with Crippen molar-refractivity contribution < 1.29 is 18.1 Å². The van der Waals surface area contributed by atoms with Gasteiger partial charge >= 0.3 is 0 Å². The first kappa shape index (κ1) is 10.5. The summed E-state index contributed by atoms with van der Waals surface area (Å²) in [6.45, 7) is 1.50. The Bertz CT molecular complexity index is 55.2. The average molecular weight is 186 g/mol. The molecule has 4 nitrogen and oxygen atoms in total. The molecule has 0 spiro atoms. The van der Waals surface area contributed by atoms with Crippen molar-refractivity contribution in [3.63, 3.8) is 0 Å². The van der Waals surface area contributed by atoms with Crippen molar-refractivity contribution in [2.75, 3.05) is 26.4 Å². The quantitative estimate of drug-likeness (QED) is 0.201. The molecule has 0 radical (unpaired) electrons. The van der Waals surface area contributed by atoms with Crippen molar-refractivity contribution in [2.24, 2.45) is 0 Å². The summed E-state index contributed by atoms with van der Waals surface area (Å²) in [4.78, 5) is 9.18. The van der Waals surface area contributed by atoms with Gasteiger partial charge in [-0.15, -0.1) is 0 Å². The van der Waals surface area contributed by atoms with Gasteiger partial charge in [-0.1, -0.05) is 0 Å². The van der Waals surface area contributed by atoms with Crippen LogP contribution in [0.1, 0.15) is 0 Å². The molecule has 0 aliphatic rings. The van der Waals surface area contributed by atoms with Crippen LogP contribution in [0.2, 0.25) is 0 Å². The van der Waals surface area contributed by atoms with Crippen LogP contribution in [0.3, 0.4) is 0 Å². The molecule has 10 heavy (non-hydrogen) atoms. The summed E-state index contributed by atoms with van der Waals surface area (Å²) in [5.74, 6) is 0. The normalized spacial score (nSPS) is 10.2. The van der Waals surface area contributed by atoms with Crippen LogP contribution in [0, 0.1) is 0 Å². The Morgan fingerprint density at radius 3 is 1.40 bits per heavy atom. The first-order valence-corrected chi connectivity index (χ1v) is 3.42. The van der Waals surface area contributed by atoms with Gasteiger partial charge in [0.25, 0.3) is 0 Å². The van der Waals surface area contributed by atoms with Crippen molar-refractivity contribution >= 4 is 25.8 Å². The molecule has 6 heteroatoms. The van der Waals surface area contributed by atoms with Crippen LogP contribution in [0.15, 0.2) is 0 Å². The zero-order valence-corrected chi connectivity index (χ0v) is 7.14. The Morgan fingerprint density at radius 1 is 0.700 bits per heavy atom. The maximum Gasteiger partial charge on any atom is 0.107 e.